The minimum atomic E-state index is -2.92. The van der Waals surface area contributed by atoms with Gasteiger partial charge in [0.05, 0.1) is 37.5 Å². The van der Waals surface area contributed by atoms with Crippen LogP contribution in [0, 0.1) is 0 Å². The zero-order valence-corrected chi connectivity index (χ0v) is 15.8. The number of sulfone groups is 1. The fourth-order valence-electron chi connectivity index (χ4n) is 3.14. The second-order valence-corrected chi connectivity index (χ2v) is 8.91. The Bertz CT molecular complexity index is 669. The molecule has 1 aromatic heterocycles. The van der Waals surface area contributed by atoms with E-state index in [0.717, 1.165) is 45.0 Å². The lowest BCUT2D eigenvalue weighted by Gasteiger charge is -2.26. The van der Waals surface area contributed by atoms with E-state index in [-0.39, 0.29) is 17.5 Å². The van der Waals surface area contributed by atoms with Crippen LogP contribution in [0.1, 0.15) is 12.2 Å². The Morgan fingerprint density at radius 2 is 2.19 bits per heavy atom. The Kier molecular flexibility index (Phi) is 6.93. The molecule has 1 atom stereocenters. The second kappa shape index (κ2) is 9.38. The van der Waals surface area contributed by atoms with E-state index in [9.17, 15) is 8.42 Å². The molecule has 0 radical (unpaired) electrons. The van der Waals surface area contributed by atoms with Gasteiger partial charge in [0.25, 0.3) is 0 Å². The summed E-state index contributed by atoms with van der Waals surface area (Å²) in [5, 5.41) is 6.57. The molecule has 2 saturated heterocycles. The number of hydrogen-bond acceptors (Lipinski definition) is 6. The van der Waals surface area contributed by atoms with Crippen LogP contribution in [-0.2, 0) is 21.0 Å². The molecule has 3 rings (SSSR count). The molecular formula is C17H28N4O4S. The molecular weight excluding hydrogens is 356 g/mol. The van der Waals surface area contributed by atoms with Crippen LogP contribution in [0.2, 0.25) is 0 Å². The van der Waals surface area contributed by atoms with Gasteiger partial charge >= 0.3 is 0 Å². The number of guanidine groups is 1. The Labute approximate surface area is 154 Å². The number of ether oxygens (including phenoxy) is 1. The topological polar surface area (TPSA) is 96.2 Å². The lowest BCUT2D eigenvalue weighted by Crippen LogP contribution is -2.45. The average Bonchev–Trinajstić information content (AvgIpc) is 3.25. The van der Waals surface area contributed by atoms with Gasteiger partial charge in [-0.1, -0.05) is 0 Å². The molecule has 8 nitrogen and oxygen atoms in total. The molecule has 1 aromatic rings. The summed E-state index contributed by atoms with van der Waals surface area (Å²) in [6, 6.07) is 3.74. The Morgan fingerprint density at radius 1 is 1.35 bits per heavy atom. The second-order valence-electron chi connectivity index (χ2n) is 6.68. The molecule has 146 valence electrons. The van der Waals surface area contributed by atoms with Crippen molar-refractivity contribution in [3.05, 3.63) is 24.2 Å². The van der Waals surface area contributed by atoms with Gasteiger partial charge in [0, 0.05) is 38.6 Å². The van der Waals surface area contributed by atoms with E-state index < -0.39 is 9.84 Å². The molecule has 0 saturated carbocycles. The third-order valence-corrected chi connectivity index (χ3v) is 6.38. The Balaban J connectivity index is 1.50. The van der Waals surface area contributed by atoms with Crippen molar-refractivity contribution in [1.82, 2.24) is 15.5 Å². The van der Waals surface area contributed by atoms with Crippen LogP contribution in [0.3, 0.4) is 0 Å². The monoisotopic (exact) mass is 384 g/mol. The van der Waals surface area contributed by atoms with Gasteiger partial charge in [-0.05, 0) is 18.6 Å². The molecule has 2 aliphatic rings. The number of morpholine rings is 1. The van der Waals surface area contributed by atoms with Crippen molar-refractivity contribution in [3.8, 4) is 0 Å². The number of rotatable bonds is 7. The maximum Gasteiger partial charge on any atom is 0.191 e. The number of aliphatic imine (C=N–C) groups is 1. The molecule has 0 amide bonds. The highest BCUT2D eigenvalue weighted by Crippen LogP contribution is 2.11. The SMILES string of the molecule is O=S1(=O)CCC(NC(=NCCN2CCOCC2)NCCc2ccco2)C1. The third-order valence-electron chi connectivity index (χ3n) is 4.61. The Morgan fingerprint density at radius 3 is 2.88 bits per heavy atom. The molecule has 2 aliphatic heterocycles. The number of nitrogens with one attached hydrogen (secondary N) is 2. The van der Waals surface area contributed by atoms with Gasteiger partial charge in [0.15, 0.2) is 15.8 Å². The highest BCUT2D eigenvalue weighted by Gasteiger charge is 2.28. The first kappa shape index (κ1) is 19.2. The molecule has 9 heteroatoms. The average molecular weight is 385 g/mol. The number of nitrogens with zero attached hydrogens (tertiary/aromatic N) is 2. The normalized spacial score (nSPS) is 23.8. The van der Waals surface area contributed by atoms with E-state index in [2.05, 4.69) is 20.5 Å². The van der Waals surface area contributed by atoms with Crippen LogP contribution in [-0.4, -0.2) is 82.8 Å². The Hall–Kier alpha value is -1.58. The van der Waals surface area contributed by atoms with E-state index in [1.54, 1.807) is 6.26 Å². The largest absolute Gasteiger partial charge is 0.469 e. The lowest BCUT2D eigenvalue weighted by atomic mass is 10.3. The van der Waals surface area contributed by atoms with Gasteiger partial charge < -0.3 is 19.8 Å². The van der Waals surface area contributed by atoms with Gasteiger partial charge in [0.2, 0.25) is 0 Å². The van der Waals surface area contributed by atoms with Crippen LogP contribution in [0.5, 0.6) is 0 Å². The summed E-state index contributed by atoms with van der Waals surface area (Å²) in [6.07, 6.45) is 3.04. The van der Waals surface area contributed by atoms with Gasteiger partial charge in [-0.3, -0.25) is 9.89 Å². The molecule has 2 fully saturated rings. The maximum absolute atomic E-state index is 11.7. The van der Waals surface area contributed by atoms with Gasteiger partial charge in [-0.15, -0.1) is 0 Å². The molecule has 0 bridgehead atoms. The first-order chi connectivity index (χ1) is 12.6. The van der Waals surface area contributed by atoms with Crippen LogP contribution in [0.4, 0.5) is 0 Å². The van der Waals surface area contributed by atoms with Crippen LogP contribution >= 0.6 is 0 Å². The van der Waals surface area contributed by atoms with E-state index in [1.807, 2.05) is 12.1 Å². The summed E-state index contributed by atoms with van der Waals surface area (Å²) < 4.78 is 34.1. The first-order valence-electron chi connectivity index (χ1n) is 9.18. The molecule has 0 aromatic carbocycles. The van der Waals surface area contributed by atoms with E-state index in [0.29, 0.717) is 25.5 Å². The van der Waals surface area contributed by atoms with E-state index in [4.69, 9.17) is 9.15 Å². The molecule has 2 N–H and O–H groups in total. The summed E-state index contributed by atoms with van der Waals surface area (Å²) in [6.45, 7) is 5.63. The van der Waals surface area contributed by atoms with Crippen LogP contribution in [0.15, 0.2) is 27.8 Å². The van der Waals surface area contributed by atoms with Gasteiger partial charge in [-0.2, -0.15) is 0 Å². The van der Waals surface area contributed by atoms with Crippen molar-refractivity contribution < 1.29 is 17.6 Å². The summed E-state index contributed by atoms with van der Waals surface area (Å²) in [4.78, 5) is 6.96. The van der Waals surface area contributed by atoms with Crippen molar-refractivity contribution in [1.29, 1.82) is 0 Å². The smallest absolute Gasteiger partial charge is 0.191 e. The lowest BCUT2D eigenvalue weighted by molar-refractivity contribution is 0.0394. The van der Waals surface area contributed by atoms with Crippen LogP contribution in [0.25, 0.3) is 0 Å². The summed E-state index contributed by atoms with van der Waals surface area (Å²) >= 11 is 0. The zero-order valence-electron chi connectivity index (χ0n) is 15.0. The molecule has 3 heterocycles. The summed E-state index contributed by atoms with van der Waals surface area (Å²) in [5.41, 5.74) is 0. The van der Waals surface area contributed by atoms with Crippen molar-refractivity contribution in [2.24, 2.45) is 4.99 Å². The number of furan rings is 1. The highest BCUT2D eigenvalue weighted by molar-refractivity contribution is 7.91. The third kappa shape index (κ3) is 6.30. The van der Waals surface area contributed by atoms with E-state index in [1.165, 1.54) is 0 Å². The van der Waals surface area contributed by atoms with Crippen LogP contribution < -0.4 is 10.6 Å². The summed E-state index contributed by atoms with van der Waals surface area (Å²) in [5.74, 6) is 2.01. The minimum Gasteiger partial charge on any atom is -0.469 e. The van der Waals surface area contributed by atoms with Crippen molar-refractivity contribution in [2.75, 3.05) is 57.4 Å². The van der Waals surface area contributed by atoms with Crippen molar-refractivity contribution >= 4 is 15.8 Å². The fourth-order valence-corrected chi connectivity index (χ4v) is 4.82. The molecule has 0 spiro atoms. The zero-order chi connectivity index (χ0) is 18.2. The predicted molar refractivity (Wildman–Crippen MR) is 100 cm³/mol. The summed E-state index contributed by atoms with van der Waals surface area (Å²) in [7, 11) is -2.92. The minimum absolute atomic E-state index is 0.0711. The first-order valence-corrected chi connectivity index (χ1v) is 11.0. The quantitative estimate of drug-likeness (QED) is 0.500. The van der Waals surface area contributed by atoms with Crippen molar-refractivity contribution in [2.45, 2.75) is 18.9 Å². The molecule has 0 aliphatic carbocycles. The fraction of sp³-hybridized carbons (Fsp3) is 0.706. The predicted octanol–water partition coefficient (Wildman–Crippen LogP) is -0.123. The van der Waals surface area contributed by atoms with Crippen molar-refractivity contribution in [3.63, 3.8) is 0 Å². The van der Waals surface area contributed by atoms with E-state index >= 15 is 0 Å². The van der Waals surface area contributed by atoms with Gasteiger partial charge in [-0.25, -0.2) is 8.42 Å². The van der Waals surface area contributed by atoms with Gasteiger partial charge in [0.1, 0.15) is 5.76 Å². The standard InChI is InChI=1S/C17H28N4O4S/c22-26(23)13-4-15(14-26)20-17(18-5-3-16-2-1-10-25-16)19-6-7-21-8-11-24-12-9-21/h1-2,10,15H,3-9,11-14H2,(H2,18,19,20). The number of hydrogen-bond donors (Lipinski definition) is 2. The molecule has 26 heavy (non-hydrogen) atoms. The highest BCUT2D eigenvalue weighted by atomic mass is 32.2. The maximum atomic E-state index is 11.7. The molecule has 1 unspecified atom stereocenters.